The Morgan fingerprint density at radius 2 is 2.29 bits per heavy atom. The van der Waals surface area contributed by atoms with Gasteiger partial charge in [0.15, 0.2) is 0 Å². The third kappa shape index (κ3) is 2.56. The molecule has 5 heteroatoms. The molecule has 2 unspecified atom stereocenters. The Kier molecular flexibility index (Phi) is 3.59. The van der Waals surface area contributed by atoms with Crippen molar-refractivity contribution in [3.8, 4) is 0 Å². The van der Waals surface area contributed by atoms with Crippen LogP contribution < -0.4 is 10.6 Å². The van der Waals surface area contributed by atoms with E-state index in [1.54, 1.807) is 0 Å². The maximum absolute atomic E-state index is 5.64. The summed E-state index contributed by atoms with van der Waals surface area (Å²) in [6.07, 6.45) is 1.25. The first-order chi connectivity index (χ1) is 8.11. The van der Waals surface area contributed by atoms with Gasteiger partial charge in [0.05, 0.1) is 17.8 Å². The first-order valence-electron chi connectivity index (χ1n) is 6.01. The number of likely N-dealkylation sites (N-methyl/N-ethyl adjacent to an activating group) is 1. The van der Waals surface area contributed by atoms with Crippen molar-refractivity contribution in [1.82, 2.24) is 9.97 Å². The van der Waals surface area contributed by atoms with Gasteiger partial charge >= 0.3 is 0 Å². The first kappa shape index (κ1) is 12.3. The molecule has 0 aliphatic carbocycles. The fourth-order valence-electron chi connectivity index (χ4n) is 2.26. The largest absolute Gasteiger partial charge is 0.376 e. The van der Waals surface area contributed by atoms with Gasteiger partial charge in [-0.3, -0.25) is 0 Å². The van der Waals surface area contributed by atoms with Crippen molar-refractivity contribution in [3.63, 3.8) is 0 Å². The lowest BCUT2D eigenvalue weighted by molar-refractivity contribution is 0.118. The van der Waals surface area contributed by atoms with Crippen LogP contribution in [0.5, 0.6) is 0 Å². The van der Waals surface area contributed by atoms with E-state index in [-0.39, 0.29) is 6.10 Å². The Hall–Kier alpha value is -1.20. The highest BCUT2D eigenvalue weighted by Gasteiger charge is 2.29. The lowest BCUT2D eigenvalue weighted by Crippen LogP contribution is -2.38. The zero-order valence-electron chi connectivity index (χ0n) is 10.7. The van der Waals surface area contributed by atoms with Gasteiger partial charge in [0.1, 0.15) is 0 Å². The first-order valence-corrected chi connectivity index (χ1v) is 6.01. The summed E-state index contributed by atoms with van der Waals surface area (Å²) in [5.74, 6) is 0.743. The summed E-state index contributed by atoms with van der Waals surface area (Å²) in [6.45, 7) is 5.31. The Bertz CT molecular complexity index is 396. The molecular weight excluding hydrogens is 216 g/mol. The smallest absolute Gasteiger partial charge is 0.225 e. The van der Waals surface area contributed by atoms with Crippen LogP contribution in [0.15, 0.2) is 6.07 Å². The topological polar surface area (TPSA) is 64.3 Å². The molecule has 0 bridgehead atoms. The fourth-order valence-corrected chi connectivity index (χ4v) is 2.26. The number of anilines is 1. The molecule has 1 fully saturated rings. The average Bonchev–Trinajstić information content (AvgIpc) is 2.73. The fraction of sp³-hybridized carbons (Fsp3) is 0.667. The second-order valence-corrected chi connectivity index (χ2v) is 4.55. The summed E-state index contributed by atoms with van der Waals surface area (Å²) in [7, 11) is 2.02. The predicted molar refractivity (Wildman–Crippen MR) is 66.9 cm³/mol. The lowest BCUT2D eigenvalue weighted by atomic mass is 10.1. The SMILES string of the molecule is Cc1cc(CN)nc(N(C)C2CCOC2C)n1. The molecule has 0 saturated carbocycles. The maximum atomic E-state index is 5.64. The molecule has 2 heterocycles. The molecule has 17 heavy (non-hydrogen) atoms. The highest BCUT2D eigenvalue weighted by molar-refractivity contribution is 5.33. The summed E-state index contributed by atoms with van der Waals surface area (Å²) in [4.78, 5) is 11.0. The molecular formula is C12H20N4O. The third-order valence-electron chi connectivity index (χ3n) is 3.25. The van der Waals surface area contributed by atoms with Crippen molar-refractivity contribution < 1.29 is 4.74 Å². The molecule has 2 atom stereocenters. The molecule has 0 amide bonds. The second-order valence-electron chi connectivity index (χ2n) is 4.55. The van der Waals surface area contributed by atoms with E-state index in [1.807, 2.05) is 20.0 Å². The molecule has 0 aromatic carbocycles. The van der Waals surface area contributed by atoms with Crippen LogP contribution in [-0.2, 0) is 11.3 Å². The van der Waals surface area contributed by atoms with Crippen LogP contribution in [0.1, 0.15) is 24.7 Å². The van der Waals surface area contributed by atoms with Crippen LogP contribution >= 0.6 is 0 Å². The molecule has 1 aliphatic rings. The van der Waals surface area contributed by atoms with E-state index in [9.17, 15) is 0 Å². The zero-order valence-corrected chi connectivity index (χ0v) is 10.7. The number of nitrogens with two attached hydrogens (primary N) is 1. The van der Waals surface area contributed by atoms with Gasteiger partial charge in [-0.05, 0) is 26.3 Å². The molecule has 0 radical (unpaired) electrons. The number of nitrogens with zero attached hydrogens (tertiary/aromatic N) is 3. The Balaban J connectivity index is 2.23. The van der Waals surface area contributed by atoms with Crippen molar-refractivity contribution in [2.24, 2.45) is 5.73 Å². The third-order valence-corrected chi connectivity index (χ3v) is 3.25. The Morgan fingerprint density at radius 3 is 2.88 bits per heavy atom. The average molecular weight is 236 g/mol. The van der Waals surface area contributed by atoms with Crippen molar-refractivity contribution >= 4 is 5.95 Å². The van der Waals surface area contributed by atoms with Crippen LogP contribution in [-0.4, -0.2) is 35.8 Å². The molecule has 1 aromatic heterocycles. The number of aromatic nitrogens is 2. The van der Waals surface area contributed by atoms with Crippen LogP contribution in [0.25, 0.3) is 0 Å². The predicted octanol–water partition coefficient (Wildman–Crippen LogP) is 0.857. The molecule has 5 nitrogen and oxygen atoms in total. The molecule has 2 rings (SSSR count). The van der Waals surface area contributed by atoms with Crippen molar-refractivity contribution in [3.05, 3.63) is 17.5 Å². The highest BCUT2D eigenvalue weighted by Crippen LogP contribution is 2.22. The van der Waals surface area contributed by atoms with E-state index < -0.39 is 0 Å². The normalized spacial score (nSPS) is 24.0. The van der Waals surface area contributed by atoms with Crippen molar-refractivity contribution in [1.29, 1.82) is 0 Å². The molecule has 2 N–H and O–H groups in total. The summed E-state index contributed by atoms with van der Waals surface area (Å²) in [5.41, 5.74) is 7.47. The number of ether oxygens (including phenoxy) is 1. The van der Waals surface area contributed by atoms with Gasteiger partial charge in [-0.25, -0.2) is 9.97 Å². The summed E-state index contributed by atoms with van der Waals surface area (Å²) in [5, 5.41) is 0. The van der Waals surface area contributed by atoms with E-state index in [0.29, 0.717) is 12.6 Å². The lowest BCUT2D eigenvalue weighted by Gasteiger charge is -2.27. The van der Waals surface area contributed by atoms with Gasteiger partial charge in [0, 0.05) is 25.9 Å². The minimum Gasteiger partial charge on any atom is -0.376 e. The molecule has 1 saturated heterocycles. The zero-order chi connectivity index (χ0) is 12.4. The number of hydrogen-bond donors (Lipinski definition) is 1. The second kappa shape index (κ2) is 4.98. The van der Waals surface area contributed by atoms with E-state index in [0.717, 1.165) is 30.4 Å². The summed E-state index contributed by atoms with van der Waals surface area (Å²) >= 11 is 0. The molecule has 0 spiro atoms. The van der Waals surface area contributed by atoms with Crippen LogP contribution in [0, 0.1) is 6.92 Å². The van der Waals surface area contributed by atoms with Gasteiger partial charge in [-0.1, -0.05) is 0 Å². The minimum absolute atomic E-state index is 0.227. The highest BCUT2D eigenvalue weighted by atomic mass is 16.5. The van der Waals surface area contributed by atoms with Gasteiger partial charge in [0.2, 0.25) is 5.95 Å². The number of hydrogen-bond acceptors (Lipinski definition) is 5. The van der Waals surface area contributed by atoms with Crippen LogP contribution in [0.4, 0.5) is 5.95 Å². The van der Waals surface area contributed by atoms with E-state index >= 15 is 0 Å². The number of rotatable bonds is 3. The van der Waals surface area contributed by atoms with E-state index in [2.05, 4.69) is 21.8 Å². The van der Waals surface area contributed by atoms with Crippen molar-refractivity contribution in [2.45, 2.75) is 39.0 Å². The van der Waals surface area contributed by atoms with Gasteiger partial charge in [-0.2, -0.15) is 0 Å². The standard InChI is InChI=1S/C12H20N4O/c1-8-6-10(7-13)15-12(14-8)16(3)11-4-5-17-9(11)2/h6,9,11H,4-5,7,13H2,1-3H3. The monoisotopic (exact) mass is 236 g/mol. The summed E-state index contributed by atoms with van der Waals surface area (Å²) in [6, 6.07) is 2.27. The molecule has 1 aliphatic heterocycles. The van der Waals surface area contributed by atoms with Gasteiger partial charge in [-0.15, -0.1) is 0 Å². The Morgan fingerprint density at radius 1 is 1.53 bits per heavy atom. The summed E-state index contributed by atoms with van der Waals surface area (Å²) < 4.78 is 5.57. The van der Waals surface area contributed by atoms with Gasteiger partial charge in [0.25, 0.3) is 0 Å². The van der Waals surface area contributed by atoms with E-state index in [1.165, 1.54) is 0 Å². The van der Waals surface area contributed by atoms with Crippen LogP contribution in [0.2, 0.25) is 0 Å². The number of aryl methyl sites for hydroxylation is 1. The van der Waals surface area contributed by atoms with Crippen molar-refractivity contribution in [2.75, 3.05) is 18.6 Å². The van der Waals surface area contributed by atoms with E-state index in [4.69, 9.17) is 10.5 Å². The minimum atomic E-state index is 0.227. The van der Waals surface area contributed by atoms with Crippen LogP contribution in [0.3, 0.4) is 0 Å². The molecule has 94 valence electrons. The quantitative estimate of drug-likeness (QED) is 0.843. The molecule has 1 aromatic rings. The maximum Gasteiger partial charge on any atom is 0.225 e. The van der Waals surface area contributed by atoms with Gasteiger partial charge < -0.3 is 15.4 Å². The Labute approximate surface area is 102 Å².